The molecular formula is C9H7F3I2. The molecule has 0 radical (unpaired) electrons. The summed E-state index contributed by atoms with van der Waals surface area (Å²) >= 11 is 3.67. The second kappa shape index (κ2) is 4.54. The Morgan fingerprint density at radius 2 is 1.79 bits per heavy atom. The van der Waals surface area contributed by atoms with Crippen LogP contribution in [0.2, 0.25) is 0 Å². The van der Waals surface area contributed by atoms with Gasteiger partial charge in [-0.3, -0.25) is 0 Å². The zero-order chi connectivity index (χ0) is 10.9. The summed E-state index contributed by atoms with van der Waals surface area (Å²) in [5.41, 5.74) is 0.198. The maximum absolute atomic E-state index is 12.5. The third-order valence-corrected chi connectivity index (χ3v) is 4.85. The first-order valence-corrected chi connectivity index (χ1v) is 6.07. The number of halogens is 5. The zero-order valence-corrected chi connectivity index (χ0v) is 11.6. The van der Waals surface area contributed by atoms with Gasteiger partial charge in [-0.25, -0.2) is 0 Å². The minimum absolute atomic E-state index is 0.285. The number of benzene rings is 1. The quantitative estimate of drug-likeness (QED) is 0.582. The predicted octanol–water partition coefficient (Wildman–Crippen LogP) is 4.48. The Morgan fingerprint density at radius 3 is 2.21 bits per heavy atom. The van der Waals surface area contributed by atoms with Gasteiger partial charge in [-0.05, 0) is 69.3 Å². The molecule has 0 N–H and O–H groups in total. The monoisotopic (exact) mass is 426 g/mol. The van der Waals surface area contributed by atoms with Crippen molar-refractivity contribution in [1.82, 2.24) is 0 Å². The summed E-state index contributed by atoms with van der Waals surface area (Å²) in [6, 6.07) is 3.02. The molecule has 5 heteroatoms. The van der Waals surface area contributed by atoms with E-state index in [1.807, 2.05) is 29.5 Å². The highest BCUT2D eigenvalue weighted by molar-refractivity contribution is 14.1. The molecule has 1 rings (SSSR count). The lowest BCUT2D eigenvalue weighted by molar-refractivity contribution is -0.138. The average molecular weight is 426 g/mol. The van der Waals surface area contributed by atoms with E-state index >= 15 is 0 Å². The van der Waals surface area contributed by atoms with Crippen LogP contribution >= 0.6 is 45.2 Å². The molecule has 0 unspecified atom stereocenters. The zero-order valence-electron chi connectivity index (χ0n) is 7.25. The van der Waals surface area contributed by atoms with Crippen LogP contribution in [0, 0.1) is 7.14 Å². The molecule has 0 bridgehead atoms. The lowest BCUT2D eigenvalue weighted by Gasteiger charge is -2.12. The van der Waals surface area contributed by atoms with Crippen LogP contribution in [-0.2, 0) is 12.6 Å². The number of alkyl halides is 3. The fourth-order valence-electron chi connectivity index (χ4n) is 1.06. The van der Waals surface area contributed by atoms with Gasteiger partial charge in [0, 0.05) is 7.14 Å². The van der Waals surface area contributed by atoms with Crippen molar-refractivity contribution < 1.29 is 13.2 Å². The van der Waals surface area contributed by atoms with Crippen molar-refractivity contribution in [2.24, 2.45) is 0 Å². The average Bonchev–Trinajstić information content (AvgIpc) is 2.07. The molecule has 1 aromatic rings. The van der Waals surface area contributed by atoms with E-state index in [9.17, 15) is 13.2 Å². The predicted molar refractivity (Wildman–Crippen MR) is 66.3 cm³/mol. The molecule has 78 valence electrons. The van der Waals surface area contributed by atoms with Gasteiger partial charge in [0.15, 0.2) is 0 Å². The lowest BCUT2D eigenvalue weighted by Crippen LogP contribution is -2.09. The Morgan fingerprint density at radius 1 is 1.21 bits per heavy atom. The second-order valence-electron chi connectivity index (χ2n) is 2.79. The Labute approximate surface area is 108 Å². The molecule has 0 aromatic heterocycles. The van der Waals surface area contributed by atoms with Crippen LogP contribution in [0.3, 0.4) is 0 Å². The first-order chi connectivity index (χ1) is 6.36. The van der Waals surface area contributed by atoms with Crippen molar-refractivity contribution in [3.05, 3.63) is 30.4 Å². The molecule has 0 aliphatic heterocycles. The first kappa shape index (κ1) is 12.5. The van der Waals surface area contributed by atoms with Crippen LogP contribution in [0.4, 0.5) is 13.2 Å². The third kappa shape index (κ3) is 2.74. The summed E-state index contributed by atoms with van der Waals surface area (Å²) in [4.78, 5) is 0. The molecule has 0 nitrogen and oxygen atoms in total. The lowest BCUT2D eigenvalue weighted by atomic mass is 10.1. The summed E-state index contributed by atoms with van der Waals surface area (Å²) in [5, 5.41) is 0. The van der Waals surface area contributed by atoms with Crippen molar-refractivity contribution in [1.29, 1.82) is 0 Å². The summed E-state index contributed by atoms with van der Waals surface area (Å²) in [7, 11) is 0. The van der Waals surface area contributed by atoms with Gasteiger partial charge >= 0.3 is 6.18 Å². The van der Waals surface area contributed by atoms with E-state index in [1.165, 1.54) is 6.07 Å². The fraction of sp³-hybridized carbons (Fsp3) is 0.333. The van der Waals surface area contributed by atoms with Gasteiger partial charge in [-0.2, -0.15) is 13.2 Å². The van der Waals surface area contributed by atoms with E-state index in [0.717, 1.165) is 5.56 Å². The van der Waals surface area contributed by atoms with E-state index in [1.54, 1.807) is 28.7 Å². The van der Waals surface area contributed by atoms with Crippen LogP contribution in [-0.4, -0.2) is 0 Å². The Balaban J connectivity index is 3.35. The molecule has 0 saturated carbocycles. The molecule has 0 heterocycles. The highest BCUT2D eigenvalue weighted by atomic mass is 127. The largest absolute Gasteiger partial charge is 0.417 e. The SMILES string of the molecule is CCc1cc(I)c(I)c(C(F)(F)F)c1. The van der Waals surface area contributed by atoms with Crippen molar-refractivity contribution in [3.8, 4) is 0 Å². The standard InChI is InChI=1S/C9H7F3I2/c1-2-5-3-6(9(10,11)12)8(14)7(13)4-5/h3-4H,2H2,1H3. The fourth-order valence-corrected chi connectivity index (χ4v) is 2.36. The Bertz CT molecular complexity index is 345. The molecule has 0 spiro atoms. The number of aryl methyl sites for hydroxylation is 1. The van der Waals surface area contributed by atoms with Gasteiger partial charge in [0.1, 0.15) is 0 Å². The van der Waals surface area contributed by atoms with Crippen molar-refractivity contribution >= 4 is 45.2 Å². The normalized spacial score (nSPS) is 11.9. The Kier molecular flexibility index (Phi) is 4.07. The molecule has 14 heavy (non-hydrogen) atoms. The topological polar surface area (TPSA) is 0 Å². The van der Waals surface area contributed by atoms with E-state index in [2.05, 4.69) is 0 Å². The molecule has 0 saturated heterocycles. The van der Waals surface area contributed by atoms with E-state index < -0.39 is 11.7 Å². The molecule has 0 amide bonds. The minimum atomic E-state index is -4.25. The van der Waals surface area contributed by atoms with E-state index in [-0.39, 0.29) is 3.57 Å². The van der Waals surface area contributed by atoms with Gasteiger partial charge in [-0.15, -0.1) is 0 Å². The van der Waals surface area contributed by atoms with Crippen LogP contribution < -0.4 is 0 Å². The van der Waals surface area contributed by atoms with E-state index in [4.69, 9.17) is 0 Å². The minimum Gasteiger partial charge on any atom is -0.166 e. The van der Waals surface area contributed by atoms with Gasteiger partial charge < -0.3 is 0 Å². The summed E-state index contributed by atoms with van der Waals surface area (Å²) < 4.78 is 38.6. The van der Waals surface area contributed by atoms with Gasteiger partial charge in [-0.1, -0.05) is 6.92 Å². The molecule has 0 fully saturated rings. The molecular weight excluding hydrogens is 419 g/mol. The van der Waals surface area contributed by atoms with Crippen LogP contribution in [0.5, 0.6) is 0 Å². The van der Waals surface area contributed by atoms with Crippen molar-refractivity contribution in [3.63, 3.8) is 0 Å². The van der Waals surface area contributed by atoms with Crippen molar-refractivity contribution in [2.45, 2.75) is 19.5 Å². The first-order valence-electron chi connectivity index (χ1n) is 3.91. The van der Waals surface area contributed by atoms with Gasteiger partial charge in [0.05, 0.1) is 5.56 Å². The molecule has 0 aliphatic rings. The highest BCUT2D eigenvalue weighted by Gasteiger charge is 2.33. The van der Waals surface area contributed by atoms with E-state index in [0.29, 0.717) is 9.99 Å². The number of hydrogen-bond acceptors (Lipinski definition) is 0. The summed E-state index contributed by atoms with van der Waals surface area (Å²) in [6.07, 6.45) is -3.63. The summed E-state index contributed by atoms with van der Waals surface area (Å²) in [6.45, 7) is 1.85. The summed E-state index contributed by atoms with van der Waals surface area (Å²) in [5.74, 6) is 0. The molecule has 0 atom stereocenters. The maximum atomic E-state index is 12.5. The maximum Gasteiger partial charge on any atom is 0.417 e. The van der Waals surface area contributed by atoms with Gasteiger partial charge in [0.25, 0.3) is 0 Å². The second-order valence-corrected chi connectivity index (χ2v) is 5.03. The highest BCUT2D eigenvalue weighted by Crippen LogP contribution is 2.35. The number of hydrogen-bond donors (Lipinski definition) is 0. The molecule has 0 aliphatic carbocycles. The van der Waals surface area contributed by atoms with Crippen molar-refractivity contribution in [2.75, 3.05) is 0 Å². The Hall–Kier alpha value is 0.470. The van der Waals surface area contributed by atoms with Crippen LogP contribution in [0.1, 0.15) is 18.1 Å². The smallest absolute Gasteiger partial charge is 0.166 e. The van der Waals surface area contributed by atoms with Crippen LogP contribution in [0.25, 0.3) is 0 Å². The molecule has 1 aromatic carbocycles. The third-order valence-electron chi connectivity index (χ3n) is 1.80. The van der Waals surface area contributed by atoms with Gasteiger partial charge in [0.2, 0.25) is 0 Å². The number of rotatable bonds is 1. The van der Waals surface area contributed by atoms with Crippen LogP contribution in [0.15, 0.2) is 12.1 Å².